The van der Waals surface area contributed by atoms with Gasteiger partial charge in [-0.05, 0) is 29.8 Å². The molecule has 0 fully saturated rings. The topological polar surface area (TPSA) is 98.2 Å². The van der Waals surface area contributed by atoms with Gasteiger partial charge in [0.05, 0.1) is 16.3 Å². The number of benzene rings is 2. The van der Waals surface area contributed by atoms with E-state index in [0.29, 0.717) is 12.2 Å². The highest BCUT2D eigenvalue weighted by molar-refractivity contribution is 7.89. The Bertz CT molecular complexity index is 667. The number of primary sulfonamides is 1. The van der Waals surface area contributed by atoms with Gasteiger partial charge in [-0.3, -0.25) is 0 Å². The van der Waals surface area contributed by atoms with E-state index >= 15 is 0 Å². The van der Waals surface area contributed by atoms with Crippen molar-refractivity contribution >= 4 is 21.4 Å². The number of nitrogens with one attached hydrogen (secondary N) is 1. The van der Waals surface area contributed by atoms with E-state index in [1.54, 1.807) is 12.1 Å². The highest BCUT2D eigenvalue weighted by Gasteiger charge is 2.06. The van der Waals surface area contributed by atoms with Crippen LogP contribution in [-0.2, 0) is 16.6 Å². The molecule has 2 aromatic rings. The van der Waals surface area contributed by atoms with E-state index < -0.39 is 10.0 Å². The summed E-state index contributed by atoms with van der Waals surface area (Å²) in [6, 6.07) is 13.9. The Morgan fingerprint density at radius 2 is 1.63 bits per heavy atom. The lowest BCUT2D eigenvalue weighted by molar-refractivity contribution is 0.598. The SMILES string of the molecule is Nc1ccccc1NCc1ccc(S(N)(=O)=O)cc1. The average molecular weight is 277 g/mol. The van der Waals surface area contributed by atoms with Gasteiger partial charge in [-0.15, -0.1) is 0 Å². The van der Waals surface area contributed by atoms with Crippen molar-refractivity contribution in [2.75, 3.05) is 11.1 Å². The van der Waals surface area contributed by atoms with Crippen molar-refractivity contribution in [1.29, 1.82) is 0 Å². The second-order valence-corrected chi connectivity index (χ2v) is 5.69. The molecule has 5 N–H and O–H groups in total. The fourth-order valence-corrected chi connectivity index (χ4v) is 2.17. The molecule has 0 atom stereocenters. The normalized spacial score (nSPS) is 11.2. The molecule has 0 aliphatic carbocycles. The van der Waals surface area contributed by atoms with E-state index in [1.807, 2.05) is 24.3 Å². The molecule has 0 spiro atoms. The van der Waals surface area contributed by atoms with Crippen molar-refractivity contribution in [3.8, 4) is 0 Å². The minimum Gasteiger partial charge on any atom is -0.397 e. The van der Waals surface area contributed by atoms with Gasteiger partial charge in [0.25, 0.3) is 0 Å². The Morgan fingerprint density at radius 3 is 2.21 bits per heavy atom. The monoisotopic (exact) mass is 277 g/mol. The third-order valence-corrected chi connectivity index (χ3v) is 3.62. The minimum atomic E-state index is -3.63. The molecule has 0 bridgehead atoms. The third-order valence-electron chi connectivity index (χ3n) is 2.70. The quantitative estimate of drug-likeness (QED) is 0.738. The highest BCUT2D eigenvalue weighted by atomic mass is 32.2. The van der Waals surface area contributed by atoms with Crippen molar-refractivity contribution in [3.05, 3.63) is 54.1 Å². The van der Waals surface area contributed by atoms with Gasteiger partial charge in [-0.25, -0.2) is 13.6 Å². The number of nitrogen functional groups attached to an aromatic ring is 1. The number of nitrogens with two attached hydrogens (primary N) is 2. The van der Waals surface area contributed by atoms with Gasteiger partial charge < -0.3 is 11.1 Å². The standard InChI is InChI=1S/C13H15N3O2S/c14-12-3-1-2-4-13(12)16-9-10-5-7-11(8-6-10)19(15,17)18/h1-8,16H,9,14H2,(H2,15,17,18). The van der Waals surface area contributed by atoms with E-state index in [-0.39, 0.29) is 4.90 Å². The smallest absolute Gasteiger partial charge is 0.238 e. The molecular formula is C13H15N3O2S. The van der Waals surface area contributed by atoms with Crippen LogP contribution in [0.3, 0.4) is 0 Å². The Hall–Kier alpha value is -2.05. The summed E-state index contributed by atoms with van der Waals surface area (Å²) >= 11 is 0. The molecule has 2 rings (SSSR count). The van der Waals surface area contributed by atoms with Crippen LogP contribution in [0.1, 0.15) is 5.56 Å². The molecule has 0 aliphatic heterocycles. The molecule has 0 heterocycles. The van der Waals surface area contributed by atoms with Crippen molar-refractivity contribution < 1.29 is 8.42 Å². The minimum absolute atomic E-state index is 0.107. The number of hydrogen-bond donors (Lipinski definition) is 3. The molecule has 0 radical (unpaired) electrons. The van der Waals surface area contributed by atoms with Gasteiger partial charge in [-0.1, -0.05) is 24.3 Å². The number of rotatable bonds is 4. The van der Waals surface area contributed by atoms with Crippen LogP contribution in [0.4, 0.5) is 11.4 Å². The number of para-hydroxylation sites is 2. The van der Waals surface area contributed by atoms with Gasteiger partial charge in [-0.2, -0.15) is 0 Å². The summed E-state index contributed by atoms with van der Waals surface area (Å²) in [5.41, 5.74) is 8.26. The molecule has 19 heavy (non-hydrogen) atoms. The van der Waals surface area contributed by atoms with Crippen LogP contribution >= 0.6 is 0 Å². The maximum absolute atomic E-state index is 11.1. The number of sulfonamides is 1. The maximum Gasteiger partial charge on any atom is 0.238 e. The summed E-state index contributed by atoms with van der Waals surface area (Å²) in [5.74, 6) is 0. The van der Waals surface area contributed by atoms with Crippen molar-refractivity contribution in [3.63, 3.8) is 0 Å². The van der Waals surface area contributed by atoms with Gasteiger partial charge in [0.1, 0.15) is 0 Å². The van der Waals surface area contributed by atoms with Gasteiger partial charge in [0, 0.05) is 6.54 Å². The van der Waals surface area contributed by atoms with Crippen LogP contribution in [0.15, 0.2) is 53.4 Å². The van der Waals surface area contributed by atoms with Crippen molar-refractivity contribution in [2.24, 2.45) is 5.14 Å². The first-order chi connectivity index (χ1) is 8.97. The molecule has 0 saturated heterocycles. The fourth-order valence-electron chi connectivity index (χ4n) is 1.65. The second kappa shape index (κ2) is 5.29. The first-order valence-electron chi connectivity index (χ1n) is 5.67. The van der Waals surface area contributed by atoms with Crippen LogP contribution in [-0.4, -0.2) is 8.42 Å². The maximum atomic E-state index is 11.1. The molecule has 0 amide bonds. The van der Waals surface area contributed by atoms with E-state index in [0.717, 1.165) is 11.3 Å². The van der Waals surface area contributed by atoms with Crippen LogP contribution in [0.5, 0.6) is 0 Å². The zero-order valence-corrected chi connectivity index (χ0v) is 11.0. The molecule has 0 saturated carbocycles. The van der Waals surface area contributed by atoms with Crippen molar-refractivity contribution in [1.82, 2.24) is 0 Å². The fraction of sp³-hybridized carbons (Fsp3) is 0.0769. The Kier molecular flexibility index (Phi) is 3.73. The Balaban J connectivity index is 2.07. The van der Waals surface area contributed by atoms with Crippen molar-refractivity contribution in [2.45, 2.75) is 11.4 Å². The lowest BCUT2D eigenvalue weighted by atomic mass is 10.2. The summed E-state index contributed by atoms with van der Waals surface area (Å²) in [5, 5.41) is 8.21. The van der Waals surface area contributed by atoms with Crippen LogP contribution in [0.25, 0.3) is 0 Å². The molecule has 5 nitrogen and oxygen atoms in total. The first-order valence-corrected chi connectivity index (χ1v) is 7.21. The summed E-state index contributed by atoms with van der Waals surface area (Å²) < 4.78 is 22.2. The van der Waals surface area contributed by atoms with Crippen LogP contribution < -0.4 is 16.2 Å². The first kappa shape index (κ1) is 13.4. The van der Waals surface area contributed by atoms with E-state index in [1.165, 1.54) is 12.1 Å². The summed E-state index contributed by atoms with van der Waals surface area (Å²) in [7, 11) is -3.63. The van der Waals surface area contributed by atoms with E-state index in [9.17, 15) is 8.42 Å². The lowest BCUT2D eigenvalue weighted by Gasteiger charge is -2.09. The Labute approximate surface area is 112 Å². The van der Waals surface area contributed by atoms with Crippen LogP contribution in [0.2, 0.25) is 0 Å². The molecule has 2 aromatic carbocycles. The number of hydrogen-bond acceptors (Lipinski definition) is 4. The predicted octanol–water partition coefficient (Wildman–Crippen LogP) is 1.53. The van der Waals surface area contributed by atoms with Gasteiger partial charge in [0.15, 0.2) is 0 Å². The highest BCUT2D eigenvalue weighted by Crippen LogP contribution is 2.18. The Morgan fingerprint density at radius 1 is 1.00 bits per heavy atom. The summed E-state index contributed by atoms with van der Waals surface area (Å²) in [6.07, 6.45) is 0. The second-order valence-electron chi connectivity index (χ2n) is 4.13. The van der Waals surface area contributed by atoms with E-state index in [2.05, 4.69) is 5.32 Å². The average Bonchev–Trinajstić information content (AvgIpc) is 2.37. The molecule has 6 heteroatoms. The lowest BCUT2D eigenvalue weighted by Crippen LogP contribution is -2.12. The molecule has 0 aromatic heterocycles. The van der Waals surface area contributed by atoms with E-state index in [4.69, 9.17) is 10.9 Å². The largest absolute Gasteiger partial charge is 0.397 e. The molecule has 0 unspecified atom stereocenters. The third kappa shape index (κ3) is 3.46. The molecule has 0 aliphatic rings. The molecular weight excluding hydrogens is 262 g/mol. The van der Waals surface area contributed by atoms with Crippen LogP contribution in [0, 0.1) is 0 Å². The van der Waals surface area contributed by atoms with Gasteiger partial charge >= 0.3 is 0 Å². The zero-order chi connectivity index (χ0) is 13.9. The molecule has 100 valence electrons. The predicted molar refractivity (Wildman–Crippen MR) is 76.0 cm³/mol. The summed E-state index contributed by atoms with van der Waals surface area (Å²) in [6.45, 7) is 0.555. The van der Waals surface area contributed by atoms with Gasteiger partial charge in [0.2, 0.25) is 10.0 Å². The summed E-state index contributed by atoms with van der Waals surface area (Å²) in [4.78, 5) is 0.107. The number of anilines is 2. The zero-order valence-electron chi connectivity index (χ0n) is 10.2.